The smallest absolute Gasteiger partial charge is 0.316 e. The Kier molecular flexibility index (Phi) is 3.22. The van der Waals surface area contributed by atoms with Gasteiger partial charge in [-0.15, -0.1) is 0 Å². The Hall–Kier alpha value is -1.88. The maximum absolute atomic E-state index is 11.8. The Morgan fingerprint density at radius 3 is 2.45 bits per heavy atom. The van der Waals surface area contributed by atoms with Crippen LogP contribution in [0, 0.1) is 0 Å². The van der Waals surface area contributed by atoms with Crippen molar-refractivity contribution in [2.24, 2.45) is 5.73 Å². The minimum absolute atomic E-state index is 0.127. The highest BCUT2D eigenvalue weighted by Gasteiger charge is 2.37. The third-order valence-corrected chi connectivity index (χ3v) is 4.55. The zero-order valence-corrected chi connectivity index (χ0v) is 11.4. The van der Waals surface area contributed by atoms with Crippen molar-refractivity contribution < 1.29 is 9.59 Å². The standard InChI is InChI=1S/C15H19N3O2/c16-10-15(6-1-7-15)11-2-4-12(5-3-11)18-9-8-17-13(19)14(18)20/h2-5H,1,6-10,16H2,(H,17,19). The molecule has 1 aliphatic carbocycles. The van der Waals surface area contributed by atoms with E-state index in [2.05, 4.69) is 5.32 Å². The van der Waals surface area contributed by atoms with Gasteiger partial charge in [0.1, 0.15) is 0 Å². The van der Waals surface area contributed by atoms with Crippen LogP contribution in [0.25, 0.3) is 0 Å². The van der Waals surface area contributed by atoms with Crippen molar-refractivity contribution in [1.82, 2.24) is 5.32 Å². The quantitative estimate of drug-likeness (QED) is 0.789. The summed E-state index contributed by atoms with van der Waals surface area (Å²) in [4.78, 5) is 24.7. The molecule has 3 N–H and O–H groups in total. The molecule has 2 amide bonds. The van der Waals surface area contributed by atoms with Crippen molar-refractivity contribution in [2.75, 3.05) is 24.5 Å². The highest BCUT2D eigenvalue weighted by Crippen LogP contribution is 2.43. The molecule has 106 valence electrons. The summed E-state index contributed by atoms with van der Waals surface area (Å²) < 4.78 is 0. The number of carbonyl (C=O) groups is 2. The van der Waals surface area contributed by atoms with Gasteiger partial charge in [-0.2, -0.15) is 0 Å². The van der Waals surface area contributed by atoms with Gasteiger partial charge < -0.3 is 16.0 Å². The van der Waals surface area contributed by atoms with Gasteiger partial charge in [-0.05, 0) is 30.5 Å². The lowest BCUT2D eigenvalue weighted by atomic mass is 9.64. The monoisotopic (exact) mass is 273 g/mol. The first-order valence-corrected chi connectivity index (χ1v) is 7.07. The van der Waals surface area contributed by atoms with Gasteiger partial charge >= 0.3 is 11.8 Å². The molecule has 5 heteroatoms. The molecule has 1 aliphatic heterocycles. The van der Waals surface area contributed by atoms with Gasteiger partial charge in [-0.3, -0.25) is 9.59 Å². The van der Waals surface area contributed by atoms with E-state index in [1.54, 1.807) is 0 Å². The third-order valence-electron chi connectivity index (χ3n) is 4.55. The number of nitrogens with two attached hydrogens (primary N) is 1. The van der Waals surface area contributed by atoms with E-state index in [1.807, 2.05) is 24.3 Å². The Labute approximate surface area is 118 Å². The van der Waals surface area contributed by atoms with Crippen LogP contribution in [0.4, 0.5) is 5.69 Å². The first-order chi connectivity index (χ1) is 9.66. The molecule has 3 rings (SSSR count). The zero-order valence-electron chi connectivity index (χ0n) is 11.4. The van der Waals surface area contributed by atoms with E-state index in [1.165, 1.54) is 16.9 Å². The highest BCUT2D eigenvalue weighted by molar-refractivity contribution is 6.41. The first kappa shape index (κ1) is 13.1. The van der Waals surface area contributed by atoms with E-state index in [0.29, 0.717) is 19.6 Å². The lowest BCUT2D eigenvalue weighted by molar-refractivity contribution is -0.138. The van der Waals surface area contributed by atoms with Crippen LogP contribution >= 0.6 is 0 Å². The largest absolute Gasteiger partial charge is 0.346 e. The summed E-state index contributed by atoms with van der Waals surface area (Å²) in [5.41, 5.74) is 8.05. The SMILES string of the molecule is NCC1(c2ccc(N3CCNC(=O)C3=O)cc2)CCC1. The number of rotatable bonds is 3. The van der Waals surface area contributed by atoms with Crippen LogP contribution in [0.15, 0.2) is 24.3 Å². The van der Waals surface area contributed by atoms with Crippen molar-refractivity contribution in [2.45, 2.75) is 24.7 Å². The second-order valence-electron chi connectivity index (χ2n) is 5.60. The molecule has 1 aromatic carbocycles. The lowest BCUT2D eigenvalue weighted by Crippen LogP contribution is -2.52. The molecule has 0 unspecified atom stereocenters. The fraction of sp³-hybridized carbons (Fsp3) is 0.467. The van der Waals surface area contributed by atoms with Crippen molar-refractivity contribution in [3.05, 3.63) is 29.8 Å². The fourth-order valence-corrected chi connectivity index (χ4v) is 3.04. The third kappa shape index (κ3) is 1.98. The van der Waals surface area contributed by atoms with Crippen LogP contribution < -0.4 is 16.0 Å². The summed E-state index contributed by atoms with van der Waals surface area (Å²) in [5, 5.41) is 2.55. The van der Waals surface area contributed by atoms with Gasteiger partial charge in [0.2, 0.25) is 0 Å². The second kappa shape index (κ2) is 4.90. The second-order valence-corrected chi connectivity index (χ2v) is 5.60. The number of hydrogen-bond acceptors (Lipinski definition) is 3. The van der Waals surface area contributed by atoms with Crippen LogP contribution in [-0.2, 0) is 15.0 Å². The Bertz CT molecular complexity index is 529. The number of hydrogen-bond donors (Lipinski definition) is 2. The molecule has 1 aromatic rings. The van der Waals surface area contributed by atoms with Crippen LogP contribution in [0.5, 0.6) is 0 Å². The van der Waals surface area contributed by atoms with E-state index in [-0.39, 0.29) is 5.41 Å². The molecule has 5 nitrogen and oxygen atoms in total. The molecule has 1 saturated heterocycles. The van der Waals surface area contributed by atoms with E-state index in [4.69, 9.17) is 5.73 Å². The van der Waals surface area contributed by atoms with Crippen molar-refractivity contribution in [3.63, 3.8) is 0 Å². The summed E-state index contributed by atoms with van der Waals surface area (Å²) in [6.45, 7) is 1.68. The average molecular weight is 273 g/mol. The number of nitrogens with zero attached hydrogens (tertiary/aromatic N) is 1. The predicted molar refractivity (Wildman–Crippen MR) is 76.4 cm³/mol. The van der Waals surface area contributed by atoms with Crippen LogP contribution in [0.3, 0.4) is 0 Å². The Morgan fingerprint density at radius 1 is 1.20 bits per heavy atom. The zero-order chi connectivity index (χ0) is 14.2. The fourth-order valence-electron chi connectivity index (χ4n) is 3.04. The molecule has 1 saturated carbocycles. The molecule has 0 spiro atoms. The number of piperazine rings is 1. The minimum atomic E-state index is -0.530. The molecule has 0 atom stereocenters. The van der Waals surface area contributed by atoms with Crippen molar-refractivity contribution in [1.29, 1.82) is 0 Å². The summed E-state index contributed by atoms with van der Waals surface area (Å²) in [6.07, 6.45) is 3.49. The van der Waals surface area contributed by atoms with Gasteiger partial charge in [0.05, 0.1) is 0 Å². The van der Waals surface area contributed by atoms with Crippen LogP contribution in [-0.4, -0.2) is 31.4 Å². The Morgan fingerprint density at radius 2 is 1.90 bits per heavy atom. The normalized spacial score (nSPS) is 21.4. The average Bonchev–Trinajstić information content (AvgIpc) is 2.42. The number of carbonyl (C=O) groups excluding carboxylic acids is 2. The van der Waals surface area contributed by atoms with E-state index in [9.17, 15) is 9.59 Å². The Balaban J connectivity index is 1.82. The minimum Gasteiger partial charge on any atom is -0.346 e. The lowest BCUT2D eigenvalue weighted by Gasteiger charge is -2.41. The van der Waals surface area contributed by atoms with E-state index >= 15 is 0 Å². The summed E-state index contributed by atoms with van der Waals surface area (Å²) in [5.74, 6) is -1.01. The molecule has 20 heavy (non-hydrogen) atoms. The predicted octanol–water partition coefficient (Wildman–Crippen LogP) is 0.530. The van der Waals surface area contributed by atoms with Gasteiger partial charge in [0, 0.05) is 30.7 Å². The summed E-state index contributed by atoms with van der Waals surface area (Å²) in [7, 11) is 0. The van der Waals surface area contributed by atoms with Gasteiger partial charge in [0.25, 0.3) is 0 Å². The van der Waals surface area contributed by atoms with Gasteiger partial charge in [-0.25, -0.2) is 0 Å². The van der Waals surface area contributed by atoms with E-state index in [0.717, 1.165) is 18.5 Å². The van der Waals surface area contributed by atoms with E-state index < -0.39 is 11.8 Å². The van der Waals surface area contributed by atoms with Crippen LogP contribution in [0.1, 0.15) is 24.8 Å². The van der Waals surface area contributed by atoms with Gasteiger partial charge in [-0.1, -0.05) is 18.6 Å². The number of nitrogens with one attached hydrogen (secondary N) is 1. The molecule has 0 radical (unpaired) electrons. The van der Waals surface area contributed by atoms with Crippen LogP contribution in [0.2, 0.25) is 0 Å². The molecular formula is C15H19N3O2. The molecule has 0 aromatic heterocycles. The molecule has 1 heterocycles. The van der Waals surface area contributed by atoms with Crippen molar-refractivity contribution >= 4 is 17.5 Å². The summed E-state index contributed by atoms with van der Waals surface area (Å²) in [6, 6.07) is 7.92. The highest BCUT2D eigenvalue weighted by atomic mass is 16.2. The van der Waals surface area contributed by atoms with Crippen molar-refractivity contribution in [3.8, 4) is 0 Å². The first-order valence-electron chi connectivity index (χ1n) is 7.07. The summed E-state index contributed by atoms with van der Waals surface area (Å²) >= 11 is 0. The molecule has 2 fully saturated rings. The number of benzene rings is 1. The number of anilines is 1. The maximum atomic E-state index is 11.8. The maximum Gasteiger partial charge on any atom is 0.316 e. The number of amides is 2. The topological polar surface area (TPSA) is 75.4 Å². The molecular weight excluding hydrogens is 254 g/mol. The molecule has 0 bridgehead atoms. The molecule has 2 aliphatic rings. The van der Waals surface area contributed by atoms with Gasteiger partial charge in [0.15, 0.2) is 0 Å².